The van der Waals surface area contributed by atoms with Crippen molar-refractivity contribution < 1.29 is 8.42 Å². The summed E-state index contributed by atoms with van der Waals surface area (Å²) in [6, 6.07) is 9.61. The highest BCUT2D eigenvalue weighted by Crippen LogP contribution is 2.38. The third kappa shape index (κ3) is 4.27. The van der Waals surface area contributed by atoms with E-state index in [4.69, 9.17) is 0 Å². The van der Waals surface area contributed by atoms with Gasteiger partial charge in [0.25, 0.3) is 0 Å². The van der Waals surface area contributed by atoms with Crippen LogP contribution in [0.1, 0.15) is 30.1 Å². The van der Waals surface area contributed by atoms with Crippen molar-refractivity contribution in [2.24, 2.45) is 0 Å². The normalized spacial score (nSPS) is 14.8. The van der Waals surface area contributed by atoms with Crippen molar-refractivity contribution in [2.75, 3.05) is 17.3 Å². The molecular weight excluding hydrogens is 298 g/mol. The summed E-state index contributed by atoms with van der Waals surface area (Å²) in [5.41, 5.74) is 1.95. The Morgan fingerprint density at radius 3 is 2.55 bits per heavy atom. The number of sulfone groups is 1. The molecule has 1 saturated carbocycles. The van der Waals surface area contributed by atoms with Gasteiger partial charge in [0.05, 0.1) is 5.75 Å². The zero-order valence-corrected chi connectivity index (χ0v) is 13.3. The molecule has 1 aromatic carbocycles. The Hall–Kier alpha value is -1.95. The van der Waals surface area contributed by atoms with Crippen molar-refractivity contribution in [1.29, 1.82) is 0 Å². The number of hydrogen-bond donors (Lipinski definition) is 1. The molecule has 1 N–H and O–H groups in total. The summed E-state index contributed by atoms with van der Waals surface area (Å²) in [5, 5.41) is 3.26. The third-order valence-corrected chi connectivity index (χ3v) is 4.55. The van der Waals surface area contributed by atoms with Crippen molar-refractivity contribution in [3.63, 3.8) is 0 Å². The summed E-state index contributed by atoms with van der Waals surface area (Å²) in [5.74, 6) is 2.41. The molecule has 116 valence electrons. The minimum atomic E-state index is -2.92. The Bertz CT molecular complexity index is 753. The van der Waals surface area contributed by atoms with Gasteiger partial charge in [-0.1, -0.05) is 12.1 Å². The highest BCUT2D eigenvalue weighted by atomic mass is 32.2. The van der Waals surface area contributed by atoms with E-state index in [9.17, 15) is 8.42 Å². The molecule has 0 radical (unpaired) electrons. The lowest BCUT2D eigenvalue weighted by Gasteiger charge is -2.08. The Balaban J connectivity index is 1.64. The molecule has 6 heteroatoms. The summed E-state index contributed by atoms with van der Waals surface area (Å²) in [4.78, 5) is 8.82. The van der Waals surface area contributed by atoms with E-state index in [1.807, 2.05) is 30.3 Å². The van der Waals surface area contributed by atoms with Crippen molar-refractivity contribution in [2.45, 2.75) is 25.2 Å². The molecule has 1 aliphatic rings. The van der Waals surface area contributed by atoms with Crippen LogP contribution in [0.25, 0.3) is 0 Å². The lowest BCUT2D eigenvalue weighted by Crippen LogP contribution is -2.05. The minimum absolute atomic E-state index is 0.177. The quantitative estimate of drug-likeness (QED) is 0.887. The number of rotatable bonds is 6. The van der Waals surface area contributed by atoms with Crippen molar-refractivity contribution in [3.05, 3.63) is 47.9 Å². The fraction of sp³-hybridized carbons (Fsp3) is 0.375. The smallest absolute Gasteiger partial charge is 0.147 e. The molecule has 0 amide bonds. The first-order chi connectivity index (χ1) is 10.5. The number of nitrogens with one attached hydrogen (secondary N) is 1. The van der Waals surface area contributed by atoms with E-state index in [1.165, 1.54) is 19.1 Å². The lowest BCUT2D eigenvalue weighted by atomic mass is 10.1. The van der Waals surface area contributed by atoms with Gasteiger partial charge >= 0.3 is 0 Å². The molecule has 2 aromatic rings. The van der Waals surface area contributed by atoms with Crippen LogP contribution in [0.3, 0.4) is 0 Å². The van der Waals surface area contributed by atoms with Gasteiger partial charge in [-0.15, -0.1) is 0 Å². The average molecular weight is 317 g/mol. The monoisotopic (exact) mass is 317 g/mol. The maximum Gasteiger partial charge on any atom is 0.147 e. The molecule has 1 heterocycles. The van der Waals surface area contributed by atoms with Crippen LogP contribution in [0.4, 0.5) is 11.5 Å². The van der Waals surface area contributed by atoms with Crippen molar-refractivity contribution in [3.8, 4) is 0 Å². The minimum Gasteiger partial charge on any atom is -0.340 e. The SMILES string of the molecule is CS(=O)(=O)CCc1ccc(Nc2ccnc(C3CC3)n2)cc1. The third-order valence-electron chi connectivity index (χ3n) is 3.60. The molecular formula is C16H19N3O2S. The Labute approximate surface area is 130 Å². The van der Waals surface area contributed by atoms with Crippen LogP contribution in [0.2, 0.25) is 0 Å². The molecule has 0 aliphatic heterocycles. The molecule has 5 nitrogen and oxygen atoms in total. The second-order valence-corrected chi connectivity index (χ2v) is 8.04. The maximum atomic E-state index is 11.2. The maximum absolute atomic E-state index is 11.2. The molecule has 0 saturated heterocycles. The number of aromatic nitrogens is 2. The van der Waals surface area contributed by atoms with Crippen LogP contribution >= 0.6 is 0 Å². The first kappa shape index (κ1) is 15.0. The standard InChI is InChI=1S/C16H19N3O2S/c1-22(20,21)11-9-12-2-6-14(7-3-12)18-15-8-10-17-16(19-15)13-4-5-13/h2-3,6-8,10,13H,4-5,9,11H2,1H3,(H,17,18,19). The van der Waals surface area contributed by atoms with Crippen LogP contribution in [0, 0.1) is 0 Å². The van der Waals surface area contributed by atoms with Crippen LogP contribution < -0.4 is 5.32 Å². The fourth-order valence-corrected chi connectivity index (χ4v) is 2.79. The number of anilines is 2. The summed E-state index contributed by atoms with van der Waals surface area (Å²) in [6.07, 6.45) is 5.94. The molecule has 22 heavy (non-hydrogen) atoms. The van der Waals surface area contributed by atoms with E-state index < -0.39 is 9.84 Å². The molecule has 3 rings (SSSR count). The van der Waals surface area contributed by atoms with Gasteiger partial charge in [0.2, 0.25) is 0 Å². The van der Waals surface area contributed by atoms with Crippen LogP contribution in [-0.4, -0.2) is 30.4 Å². The van der Waals surface area contributed by atoms with Gasteiger partial charge in [-0.25, -0.2) is 18.4 Å². The van der Waals surface area contributed by atoms with E-state index in [1.54, 1.807) is 6.20 Å². The highest BCUT2D eigenvalue weighted by Gasteiger charge is 2.26. The Morgan fingerprint density at radius 2 is 1.91 bits per heavy atom. The molecule has 1 aliphatic carbocycles. The van der Waals surface area contributed by atoms with Gasteiger partial charge in [0, 0.05) is 24.1 Å². The first-order valence-corrected chi connectivity index (χ1v) is 9.42. The number of aryl methyl sites for hydroxylation is 1. The summed E-state index contributed by atoms with van der Waals surface area (Å²) >= 11 is 0. The fourth-order valence-electron chi connectivity index (χ4n) is 2.19. The molecule has 0 bridgehead atoms. The van der Waals surface area contributed by atoms with E-state index in [0.29, 0.717) is 12.3 Å². The second kappa shape index (κ2) is 6.04. The molecule has 0 atom stereocenters. The topological polar surface area (TPSA) is 72.0 Å². The van der Waals surface area contributed by atoms with Gasteiger partial charge in [0.1, 0.15) is 21.5 Å². The Kier molecular flexibility index (Phi) is 4.11. The van der Waals surface area contributed by atoms with Gasteiger partial charge in [-0.3, -0.25) is 0 Å². The van der Waals surface area contributed by atoms with Gasteiger partial charge in [0.15, 0.2) is 0 Å². The highest BCUT2D eigenvalue weighted by molar-refractivity contribution is 7.90. The molecule has 0 unspecified atom stereocenters. The number of hydrogen-bond acceptors (Lipinski definition) is 5. The van der Waals surface area contributed by atoms with E-state index in [-0.39, 0.29) is 5.75 Å². The number of nitrogens with zero attached hydrogens (tertiary/aromatic N) is 2. The van der Waals surface area contributed by atoms with E-state index >= 15 is 0 Å². The Morgan fingerprint density at radius 1 is 1.18 bits per heavy atom. The van der Waals surface area contributed by atoms with Crippen LogP contribution in [0.15, 0.2) is 36.5 Å². The van der Waals surface area contributed by atoms with Crippen LogP contribution in [-0.2, 0) is 16.3 Å². The lowest BCUT2D eigenvalue weighted by molar-refractivity contribution is 0.601. The van der Waals surface area contributed by atoms with E-state index in [2.05, 4.69) is 15.3 Å². The van der Waals surface area contributed by atoms with Crippen LogP contribution in [0.5, 0.6) is 0 Å². The summed E-state index contributed by atoms with van der Waals surface area (Å²) in [7, 11) is -2.92. The van der Waals surface area contributed by atoms with Crippen molar-refractivity contribution in [1.82, 2.24) is 9.97 Å². The zero-order chi connectivity index (χ0) is 15.6. The van der Waals surface area contributed by atoms with Gasteiger partial charge in [-0.2, -0.15) is 0 Å². The average Bonchev–Trinajstić information content (AvgIpc) is 3.31. The van der Waals surface area contributed by atoms with Crippen molar-refractivity contribution >= 4 is 21.3 Å². The molecule has 0 spiro atoms. The van der Waals surface area contributed by atoms with Gasteiger partial charge in [-0.05, 0) is 43.0 Å². The van der Waals surface area contributed by atoms with Gasteiger partial charge < -0.3 is 5.32 Å². The second-order valence-electron chi connectivity index (χ2n) is 5.78. The molecule has 1 aromatic heterocycles. The predicted molar refractivity (Wildman–Crippen MR) is 87.1 cm³/mol. The zero-order valence-electron chi connectivity index (χ0n) is 12.5. The summed E-state index contributed by atoms with van der Waals surface area (Å²) in [6.45, 7) is 0. The first-order valence-electron chi connectivity index (χ1n) is 7.36. The largest absolute Gasteiger partial charge is 0.340 e. The molecule has 1 fully saturated rings. The van der Waals surface area contributed by atoms with E-state index in [0.717, 1.165) is 22.9 Å². The number of benzene rings is 1. The predicted octanol–water partition coefficient (Wildman–Crippen LogP) is 2.68. The summed E-state index contributed by atoms with van der Waals surface area (Å²) < 4.78 is 22.4.